The van der Waals surface area contributed by atoms with Crippen LogP contribution in [0.25, 0.3) is 0 Å². The van der Waals surface area contributed by atoms with Gasteiger partial charge in [-0.2, -0.15) is 0 Å². The molecule has 164 valence electrons. The van der Waals surface area contributed by atoms with E-state index in [-0.39, 0.29) is 5.92 Å². The van der Waals surface area contributed by atoms with Gasteiger partial charge in [-0.25, -0.2) is 0 Å². The summed E-state index contributed by atoms with van der Waals surface area (Å²) in [5.74, 6) is 0.0227. The molecule has 0 aliphatic heterocycles. The second kappa shape index (κ2) is 14.1. The van der Waals surface area contributed by atoms with E-state index in [1.165, 1.54) is 57.4 Å². The fourth-order valence-electron chi connectivity index (χ4n) is 4.45. The average Bonchev–Trinajstić information content (AvgIpc) is 2.81. The molecule has 0 amide bonds. The van der Waals surface area contributed by atoms with Crippen LogP contribution in [0.2, 0.25) is 13.3 Å². The molecule has 0 aromatic heterocycles. The standard InChI is InChI=1S/C16H15O.3C4H9.Sn/c1-2-15(13-9-5-3-6-10-13)16(17)14-11-7-4-8-12-14;3*1-3-4-2;/h1-12,15-17H;3*1,3-4H2,2H3;/t15-,16+;;;;/m0..../s1. The van der Waals surface area contributed by atoms with Gasteiger partial charge < -0.3 is 0 Å². The SMILES string of the molecule is CCC[CH2][Sn](/[CH]=C/[C@@H](c1ccccc1)[C@H](O)c1ccccc1)([CH2]CCC)[CH2]CCC. The molecule has 0 saturated heterocycles. The predicted octanol–water partition coefficient (Wildman–Crippen LogP) is 8.45. The Bertz CT molecular complexity index is 688. The Kier molecular flexibility index (Phi) is 11.8. The average molecular weight is 513 g/mol. The Morgan fingerprint density at radius 1 is 0.700 bits per heavy atom. The van der Waals surface area contributed by atoms with Crippen LogP contribution in [0.1, 0.15) is 82.4 Å². The van der Waals surface area contributed by atoms with Crippen molar-refractivity contribution in [3.63, 3.8) is 0 Å². The first-order valence-corrected chi connectivity index (χ1v) is 19.8. The van der Waals surface area contributed by atoms with Crippen LogP contribution in [0.3, 0.4) is 0 Å². The van der Waals surface area contributed by atoms with E-state index in [2.05, 4.69) is 73.4 Å². The first-order valence-electron chi connectivity index (χ1n) is 12.1. The van der Waals surface area contributed by atoms with Gasteiger partial charge in [0.15, 0.2) is 0 Å². The van der Waals surface area contributed by atoms with Crippen molar-refractivity contribution >= 4 is 18.4 Å². The second-order valence-corrected chi connectivity index (χ2v) is 21.8. The topological polar surface area (TPSA) is 20.2 Å². The molecule has 30 heavy (non-hydrogen) atoms. The molecule has 0 saturated carbocycles. The van der Waals surface area contributed by atoms with E-state index in [0.29, 0.717) is 0 Å². The first kappa shape index (κ1) is 25.2. The summed E-state index contributed by atoms with van der Waals surface area (Å²) in [5, 5.41) is 11.3. The van der Waals surface area contributed by atoms with E-state index in [0.717, 1.165) is 5.56 Å². The van der Waals surface area contributed by atoms with Gasteiger partial charge in [0.25, 0.3) is 0 Å². The molecular weight excluding hydrogens is 471 g/mol. The third kappa shape index (κ3) is 7.89. The van der Waals surface area contributed by atoms with Crippen LogP contribution in [0.4, 0.5) is 0 Å². The Morgan fingerprint density at radius 2 is 1.13 bits per heavy atom. The Morgan fingerprint density at radius 3 is 1.57 bits per heavy atom. The van der Waals surface area contributed by atoms with Crippen molar-refractivity contribution in [1.29, 1.82) is 0 Å². The van der Waals surface area contributed by atoms with E-state index in [9.17, 15) is 5.11 Å². The van der Waals surface area contributed by atoms with Crippen LogP contribution in [-0.2, 0) is 0 Å². The van der Waals surface area contributed by atoms with Crippen LogP contribution in [0, 0.1) is 0 Å². The molecule has 1 nitrogen and oxygen atoms in total. The predicted molar refractivity (Wildman–Crippen MR) is 135 cm³/mol. The third-order valence-electron chi connectivity index (χ3n) is 6.41. The van der Waals surface area contributed by atoms with E-state index >= 15 is 0 Å². The molecule has 0 aliphatic rings. The number of rotatable bonds is 14. The summed E-state index contributed by atoms with van der Waals surface area (Å²) < 4.78 is 7.10. The van der Waals surface area contributed by atoms with E-state index in [1.54, 1.807) is 0 Å². The summed E-state index contributed by atoms with van der Waals surface area (Å²) in [4.78, 5) is 0. The van der Waals surface area contributed by atoms with Crippen molar-refractivity contribution in [2.24, 2.45) is 0 Å². The van der Waals surface area contributed by atoms with Crippen molar-refractivity contribution in [2.45, 2.75) is 84.6 Å². The number of aliphatic hydroxyl groups is 1. The first-order chi connectivity index (χ1) is 14.7. The minimum atomic E-state index is -2.39. The van der Waals surface area contributed by atoms with Gasteiger partial charge in [-0.3, -0.25) is 0 Å². The molecule has 0 bridgehead atoms. The minimum absolute atomic E-state index is 0.0227. The monoisotopic (exact) mass is 514 g/mol. The normalized spacial score (nSPS) is 14.1. The second-order valence-electron chi connectivity index (χ2n) is 8.82. The zero-order valence-electron chi connectivity index (χ0n) is 19.4. The summed E-state index contributed by atoms with van der Waals surface area (Å²) in [5.41, 5.74) is 2.22. The number of hydrogen-bond donors (Lipinski definition) is 1. The molecule has 0 aliphatic carbocycles. The molecule has 2 rings (SSSR count). The summed E-state index contributed by atoms with van der Waals surface area (Å²) in [7, 11) is 0. The fourth-order valence-corrected chi connectivity index (χ4v) is 18.8. The Labute approximate surface area is 189 Å². The van der Waals surface area contributed by atoms with Gasteiger partial charge >= 0.3 is 190 Å². The molecule has 2 heteroatoms. The van der Waals surface area contributed by atoms with Crippen LogP contribution < -0.4 is 0 Å². The zero-order chi connectivity index (χ0) is 21.7. The number of benzene rings is 2. The van der Waals surface area contributed by atoms with E-state index in [4.69, 9.17) is 0 Å². The molecule has 0 heterocycles. The Hall–Kier alpha value is -1.06. The summed E-state index contributed by atoms with van der Waals surface area (Å²) in [6, 6.07) is 20.8. The van der Waals surface area contributed by atoms with Crippen molar-refractivity contribution < 1.29 is 5.11 Å². The van der Waals surface area contributed by atoms with E-state index in [1.807, 2.05) is 18.2 Å². The Balaban J connectivity index is 2.39. The summed E-state index contributed by atoms with van der Waals surface area (Å²) in [6.07, 6.45) is 9.89. The zero-order valence-corrected chi connectivity index (χ0v) is 22.2. The van der Waals surface area contributed by atoms with Gasteiger partial charge in [0, 0.05) is 0 Å². The number of unbranched alkanes of at least 4 members (excludes halogenated alkanes) is 3. The molecular formula is C28H42OSn. The van der Waals surface area contributed by atoms with Crippen LogP contribution in [0.5, 0.6) is 0 Å². The molecule has 2 aromatic rings. The maximum absolute atomic E-state index is 11.3. The van der Waals surface area contributed by atoms with Gasteiger partial charge in [0.1, 0.15) is 0 Å². The van der Waals surface area contributed by atoms with Crippen molar-refractivity contribution in [1.82, 2.24) is 0 Å². The van der Waals surface area contributed by atoms with Gasteiger partial charge in [-0.15, -0.1) is 0 Å². The van der Waals surface area contributed by atoms with Crippen molar-refractivity contribution in [2.75, 3.05) is 0 Å². The molecule has 2 atom stereocenters. The van der Waals surface area contributed by atoms with Crippen LogP contribution >= 0.6 is 0 Å². The molecule has 0 unspecified atom stereocenters. The molecule has 2 aromatic carbocycles. The third-order valence-corrected chi connectivity index (χ3v) is 20.5. The molecule has 1 N–H and O–H groups in total. The number of aliphatic hydroxyl groups excluding tert-OH is 1. The van der Waals surface area contributed by atoms with Gasteiger partial charge in [0.05, 0.1) is 0 Å². The molecule has 0 spiro atoms. The fraction of sp³-hybridized carbons (Fsp3) is 0.500. The quantitative estimate of drug-likeness (QED) is 0.251. The summed E-state index contributed by atoms with van der Waals surface area (Å²) in [6.45, 7) is 6.98. The number of hydrogen-bond acceptors (Lipinski definition) is 1. The van der Waals surface area contributed by atoms with Crippen LogP contribution in [-0.4, -0.2) is 23.5 Å². The van der Waals surface area contributed by atoms with Crippen molar-refractivity contribution in [3.8, 4) is 0 Å². The van der Waals surface area contributed by atoms with Crippen molar-refractivity contribution in [3.05, 3.63) is 82.0 Å². The maximum atomic E-state index is 11.3. The summed E-state index contributed by atoms with van der Waals surface area (Å²) >= 11 is -2.39. The van der Waals surface area contributed by atoms with E-state index < -0.39 is 24.5 Å². The van der Waals surface area contributed by atoms with Crippen LogP contribution in [0.15, 0.2) is 70.8 Å². The molecule has 0 fully saturated rings. The van der Waals surface area contributed by atoms with Gasteiger partial charge in [-0.1, -0.05) is 0 Å². The van der Waals surface area contributed by atoms with Gasteiger partial charge in [-0.05, 0) is 0 Å². The van der Waals surface area contributed by atoms with Gasteiger partial charge in [0.2, 0.25) is 0 Å². The molecule has 0 radical (unpaired) electrons.